The summed E-state index contributed by atoms with van der Waals surface area (Å²) in [6.07, 6.45) is 6.43. The Morgan fingerprint density at radius 2 is 1.95 bits per heavy atom. The average molecular weight is 289 g/mol. The van der Waals surface area contributed by atoms with Crippen LogP contribution in [0.5, 0.6) is 0 Å². The van der Waals surface area contributed by atoms with Crippen LogP contribution in [0, 0.1) is 5.92 Å². The van der Waals surface area contributed by atoms with Crippen LogP contribution in [0.25, 0.3) is 0 Å². The highest BCUT2D eigenvalue weighted by Crippen LogP contribution is 2.37. The van der Waals surface area contributed by atoms with Crippen LogP contribution in [0.2, 0.25) is 0 Å². The van der Waals surface area contributed by atoms with Crippen molar-refractivity contribution in [2.24, 2.45) is 5.92 Å². The van der Waals surface area contributed by atoms with Gasteiger partial charge in [-0.05, 0) is 43.7 Å². The van der Waals surface area contributed by atoms with E-state index in [1.807, 2.05) is 18.2 Å². The minimum absolute atomic E-state index is 0.366. The highest BCUT2D eigenvalue weighted by Gasteiger charge is 2.35. The van der Waals surface area contributed by atoms with Crippen LogP contribution < -0.4 is 0 Å². The number of hydrogen-bond acceptors (Lipinski definition) is 3. The van der Waals surface area contributed by atoms with Crippen molar-refractivity contribution in [1.29, 1.82) is 0 Å². The molecule has 0 radical (unpaired) electrons. The lowest BCUT2D eigenvalue weighted by Gasteiger charge is -2.37. The minimum atomic E-state index is -0.366. The molecule has 3 nitrogen and oxygen atoms in total. The summed E-state index contributed by atoms with van der Waals surface area (Å²) in [5.74, 6) is 0.893. The van der Waals surface area contributed by atoms with Gasteiger partial charge < -0.3 is 9.84 Å². The summed E-state index contributed by atoms with van der Waals surface area (Å²) in [5.41, 5.74) is 1.17. The van der Waals surface area contributed by atoms with Gasteiger partial charge in [0.1, 0.15) is 0 Å². The van der Waals surface area contributed by atoms with Gasteiger partial charge in [-0.25, -0.2) is 0 Å². The highest BCUT2D eigenvalue weighted by atomic mass is 16.5. The van der Waals surface area contributed by atoms with E-state index in [-0.39, 0.29) is 6.10 Å². The number of benzene rings is 1. The molecule has 1 aromatic rings. The molecule has 0 aromatic heterocycles. The zero-order valence-electron chi connectivity index (χ0n) is 12.8. The monoisotopic (exact) mass is 289 g/mol. The smallest absolute Gasteiger partial charge is 0.0900 e. The number of aliphatic hydroxyl groups excluding tert-OH is 1. The molecule has 1 aromatic carbocycles. The van der Waals surface area contributed by atoms with E-state index in [1.165, 1.54) is 37.7 Å². The molecule has 1 aliphatic carbocycles. The summed E-state index contributed by atoms with van der Waals surface area (Å²) < 4.78 is 5.65. The van der Waals surface area contributed by atoms with E-state index in [1.54, 1.807) is 0 Å². The fourth-order valence-corrected chi connectivity index (χ4v) is 3.65. The molecule has 2 aliphatic rings. The molecule has 1 heterocycles. The lowest BCUT2D eigenvalue weighted by atomic mass is 9.79. The summed E-state index contributed by atoms with van der Waals surface area (Å²) >= 11 is 0. The van der Waals surface area contributed by atoms with Gasteiger partial charge in [-0.2, -0.15) is 0 Å². The quantitative estimate of drug-likeness (QED) is 0.838. The average Bonchev–Trinajstić information content (AvgIpc) is 2.86. The predicted molar refractivity (Wildman–Crippen MR) is 84.0 cm³/mol. The maximum absolute atomic E-state index is 10.2. The zero-order valence-corrected chi connectivity index (χ0v) is 12.8. The molecule has 116 valence electrons. The van der Waals surface area contributed by atoms with Gasteiger partial charge in [-0.15, -0.1) is 0 Å². The van der Waals surface area contributed by atoms with Crippen LogP contribution >= 0.6 is 0 Å². The van der Waals surface area contributed by atoms with Gasteiger partial charge >= 0.3 is 0 Å². The lowest BCUT2D eigenvalue weighted by Crippen LogP contribution is -2.43. The van der Waals surface area contributed by atoms with Crippen LogP contribution in [0.15, 0.2) is 30.3 Å². The highest BCUT2D eigenvalue weighted by molar-refractivity contribution is 5.13. The number of nitrogens with zero attached hydrogens (tertiary/aromatic N) is 1. The molecule has 3 rings (SSSR count). The van der Waals surface area contributed by atoms with Gasteiger partial charge in [-0.1, -0.05) is 36.8 Å². The third-order valence-electron chi connectivity index (χ3n) is 4.98. The molecular formula is C18H27NO2. The second-order valence-corrected chi connectivity index (χ2v) is 6.55. The second-order valence-electron chi connectivity index (χ2n) is 6.55. The summed E-state index contributed by atoms with van der Waals surface area (Å²) in [4.78, 5) is 2.50. The summed E-state index contributed by atoms with van der Waals surface area (Å²) in [7, 11) is 0. The van der Waals surface area contributed by atoms with E-state index < -0.39 is 0 Å². The normalized spacial score (nSPS) is 24.9. The van der Waals surface area contributed by atoms with E-state index >= 15 is 0 Å². The molecule has 1 saturated heterocycles. The summed E-state index contributed by atoms with van der Waals surface area (Å²) in [5, 5.41) is 10.2. The molecule has 3 heteroatoms. The lowest BCUT2D eigenvalue weighted by molar-refractivity contribution is -0.000132. The Hall–Kier alpha value is -0.900. The molecule has 1 N–H and O–H groups in total. The van der Waals surface area contributed by atoms with Gasteiger partial charge in [0.25, 0.3) is 0 Å². The van der Waals surface area contributed by atoms with Crippen LogP contribution in [0.1, 0.15) is 37.7 Å². The maximum Gasteiger partial charge on any atom is 0.0900 e. The summed E-state index contributed by atoms with van der Waals surface area (Å²) in [6, 6.07) is 10.9. The maximum atomic E-state index is 10.2. The zero-order chi connectivity index (χ0) is 14.5. The van der Waals surface area contributed by atoms with Gasteiger partial charge in [0.05, 0.1) is 19.3 Å². The number of ether oxygens (including phenoxy) is 1. The first-order valence-corrected chi connectivity index (χ1v) is 8.37. The molecule has 1 saturated carbocycles. The van der Waals surface area contributed by atoms with Crippen molar-refractivity contribution in [3.05, 3.63) is 35.9 Å². The van der Waals surface area contributed by atoms with Gasteiger partial charge in [0, 0.05) is 12.6 Å². The Morgan fingerprint density at radius 3 is 2.67 bits per heavy atom. The Morgan fingerprint density at radius 1 is 1.14 bits per heavy atom. The molecule has 0 bridgehead atoms. The van der Waals surface area contributed by atoms with E-state index in [0.29, 0.717) is 13.2 Å². The third kappa shape index (κ3) is 4.06. The second kappa shape index (κ2) is 7.39. The minimum Gasteiger partial charge on any atom is -0.389 e. The van der Waals surface area contributed by atoms with Crippen molar-refractivity contribution < 1.29 is 9.84 Å². The van der Waals surface area contributed by atoms with E-state index in [2.05, 4.69) is 17.0 Å². The topological polar surface area (TPSA) is 32.7 Å². The first-order valence-electron chi connectivity index (χ1n) is 8.37. The molecule has 2 atom stereocenters. The first-order chi connectivity index (χ1) is 10.3. The Labute approximate surface area is 127 Å². The van der Waals surface area contributed by atoms with Crippen LogP contribution in [-0.2, 0) is 11.3 Å². The van der Waals surface area contributed by atoms with Crippen molar-refractivity contribution in [2.45, 2.75) is 50.9 Å². The van der Waals surface area contributed by atoms with E-state index in [0.717, 1.165) is 25.0 Å². The Kier molecular flexibility index (Phi) is 5.28. The van der Waals surface area contributed by atoms with E-state index in [9.17, 15) is 5.11 Å². The van der Waals surface area contributed by atoms with Crippen LogP contribution in [0.4, 0.5) is 0 Å². The van der Waals surface area contributed by atoms with Crippen molar-refractivity contribution in [3.63, 3.8) is 0 Å². The van der Waals surface area contributed by atoms with Crippen molar-refractivity contribution in [3.8, 4) is 0 Å². The standard InChI is InChI=1S/C18H27NO2/c20-17(14-21-13-15-6-2-1-3-7-15)12-19-11-5-10-18(19)16-8-4-9-16/h1-3,6-7,16-18,20H,4-5,8-14H2. The van der Waals surface area contributed by atoms with Crippen LogP contribution in [-0.4, -0.2) is 41.8 Å². The van der Waals surface area contributed by atoms with Gasteiger partial charge in [-0.3, -0.25) is 4.90 Å². The number of likely N-dealkylation sites (tertiary alicyclic amines) is 1. The molecule has 1 aliphatic heterocycles. The number of hydrogen-bond donors (Lipinski definition) is 1. The molecule has 0 amide bonds. The largest absolute Gasteiger partial charge is 0.389 e. The van der Waals surface area contributed by atoms with Gasteiger partial charge in [0.2, 0.25) is 0 Å². The Balaban J connectivity index is 1.38. The predicted octanol–water partition coefficient (Wildman–Crippen LogP) is 2.83. The molecule has 0 spiro atoms. The van der Waals surface area contributed by atoms with Crippen molar-refractivity contribution in [2.75, 3.05) is 19.7 Å². The van der Waals surface area contributed by atoms with Crippen LogP contribution in [0.3, 0.4) is 0 Å². The molecule has 2 fully saturated rings. The fraction of sp³-hybridized carbons (Fsp3) is 0.667. The van der Waals surface area contributed by atoms with Crippen molar-refractivity contribution >= 4 is 0 Å². The molecule has 21 heavy (non-hydrogen) atoms. The molecular weight excluding hydrogens is 262 g/mol. The van der Waals surface area contributed by atoms with E-state index in [4.69, 9.17) is 4.74 Å². The summed E-state index contributed by atoms with van der Waals surface area (Å²) in [6.45, 7) is 2.94. The first kappa shape index (κ1) is 15.0. The van der Waals surface area contributed by atoms with Crippen molar-refractivity contribution in [1.82, 2.24) is 4.90 Å². The van der Waals surface area contributed by atoms with Gasteiger partial charge in [0.15, 0.2) is 0 Å². The fourth-order valence-electron chi connectivity index (χ4n) is 3.65. The third-order valence-corrected chi connectivity index (χ3v) is 4.98. The number of rotatable bonds is 7. The Bertz CT molecular complexity index is 418. The molecule has 2 unspecified atom stereocenters. The SMILES string of the molecule is OC(COCc1ccccc1)CN1CCCC1C1CCC1. The number of β-amino-alcohol motifs (C(OH)–C–C–N with tert-alkyl or cyclic N) is 1. The number of aliphatic hydroxyl groups is 1.